The van der Waals surface area contributed by atoms with Gasteiger partial charge in [0.1, 0.15) is 23.6 Å². The first kappa shape index (κ1) is 24.6. The van der Waals surface area contributed by atoms with E-state index in [0.717, 1.165) is 31.2 Å². The molecule has 3 heterocycles. The van der Waals surface area contributed by atoms with Crippen LogP contribution in [0.1, 0.15) is 31.7 Å². The quantitative estimate of drug-likeness (QED) is 0.269. The maximum Gasteiger partial charge on any atom is 0.252 e. The van der Waals surface area contributed by atoms with Crippen LogP contribution < -0.4 is 10.5 Å². The lowest BCUT2D eigenvalue weighted by Gasteiger charge is -2.33. The van der Waals surface area contributed by atoms with Gasteiger partial charge in [0.2, 0.25) is 5.70 Å². The summed E-state index contributed by atoms with van der Waals surface area (Å²) in [5.41, 5.74) is 8.46. The number of nitrogens with two attached hydrogens (primary N) is 1. The molecule has 2 aliphatic rings. The first-order valence-electron chi connectivity index (χ1n) is 12.9. The van der Waals surface area contributed by atoms with Crippen molar-refractivity contribution in [1.82, 2.24) is 24.6 Å². The highest BCUT2D eigenvalue weighted by Crippen LogP contribution is 2.36. The Balaban J connectivity index is 1.30. The Kier molecular flexibility index (Phi) is 6.40. The largest absolute Gasteiger partial charge is 0.454 e. The highest BCUT2D eigenvalue weighted by Gasteiger charge is 2.31. The average molecular weight is 524 g/mol. The smallest absolute Gasteiger partial charge is 0.252 e. The Bertz CT molecular complexity index is 1620. The van der Waals surface area contributed by atoms with Crippen molar-refractivity contribution in [1.29, 1.82) is 0 Å². The summed E-state index contributed by atoms with van der Waals surface area (Å²) in [5, 5.41) is 5.53. The molecule has 1 aliphatic heterocycles. The van der Waals surface area contributed by atoms with E-state index in [1.54, 1.807) is 35.2 Å². The van der Waals surface area contributed by atoms with Gasteiger partial charge >= 0.3 is 0 Å². The third-order valence-corrected chi connectivity index (χ3v) is 7.10. The molecule has 196 valence electrons. The molecular weight excluding hydrogens is 497 g/mol. The van der Waals surface area contributed by atoms with Crippen LogP contribution in [0.2, 0.25) is 0 Å². The van der Waals surface area contributed by atoms with Gasteiger partial charge in [0.25, 0.3) is 5.91 Å². The molecule has 1 amide bonds. The molecule has 39 heavy (non-hydrogen) atoms. The second kappa shape index (κ2) is 10.2. The number of hydrogen-bond acceptors (Lipinski definition) is 6. The predicted octanol–water partition coefficient (Wildman–Crippen LogP) is 5.38. The van der Waals surface area contributed by atoms with Crippen molar-refractivity contribution in [3.05, 3.63) is 83.9 Å². The summed E-state index contributed by atoms with van der Waals surface area (Å²) in [6.45, 7) is 8.52. The first-order chi connectivity index (χ1) is 19.0. The summed E-state index contributed by atoms with van der Waals surface area (Å²) in [7, 11) is 0. The highest BCUT2D eigenvalue weighted by molar-refractivity contribution is 5.98. The molecule has 6 rings (SSSR count). The normalized spacial score (nSPS) is 17.7. The number of carbonyl (C=O) groups excluding carboxylic acids is 1. The van der Waals surface area contributed by atoms with Gasteiger partial charge in [0.05, 0.1) is 18.0 Å². The summed E-state index contributed by atoms with van der Waals surface area (Å²) in [5.74, 6) is 0.606. The molecule has 0 spiro atoms. The zero-order valence-electron chi connectivity index (χ0n) is 21.1. The standard InChI is InChI=1S/C29H26FN7O2/c1-32-23(15-18-8-9-18)29(38)36-14-4-5-20(16-36)37-28-25(27(31)33-17-34-28)26(35-37)19-10-12-21(13-11-19)39-24-7-3-2-6-22(24)30/h2-3,6-7,10-13,15,17-18,20H,4-5,8-9,14,16H2,(H2,31,33,34)/b23-15-/t20-/m1/s1. The number of fused-ring (bicyclic) bond motifs is 1. The zero-order valence-corrected chi connectivity index (χ0v) is 21.1. The second-order valence-corrected chi connectivity index (χ2v) is 9.86. The maximum absolute atomic E-state index is 14.0. The van der Waals surface area contributed by atoms with Crippen LogP contribution in [0, 0.1) is 18.3 Å². The number of hydrogen-bond donors (Lipinski definition) is 1. The SMILES string of the molecule is [C-]#[N+]/C(=C\C1CC1)C(=O)N1CCC[C@@H](n2nc(-c3ccc(Oc4ccccc4F)cc3)c3c(N)ncnc32)C1. The van der Waals surface area contributed by atoms with Crippen LogP contribution >= 0.6 is 0 Å². The third kappa shape index (κ3) is 4.91. The number of nitrogens with zero attached hydrogens (tertiary/aromatic N) is 6. The number of ether oxygens (including phenoxy) is 1. The summed E-state index contributed by atoms with van der Waals surface area (Å²) in [4.78, 5) is 27.1. The van der Waals surface area contributed by atoms with E-state index in [4.69, 9.17) is 22.1 Å². The van der Waals surface area contributed by atoms with Crippen molar-refractivity contribution < 1.29 is 13.9 Å². The fourth-order valence-corrected chi connectivity index (χ4v) is 4.93. The van der Waals surface area contributed by atoms with E-state index < -0.39 is 5.82 Å². The molecule has 1 aliphatic carbocycles. The number of para-hydroxylation sites is 1. The third-order valence-electron chi connectivity index (χ3n) is 7.10. The Morgan fingerprint density at radius 3 is 2.67 bits per heavy atom. The topological polar surface area (TPSA) is 104 Å². The minimum absolute atomic E-state index is 0.134. The maximum atomic E-state index is 14.0. The molecule has 0 radical (unpaired) electrons. The molecule has 0 bridgehead atoms. The number of benzene rings is 2. The minimum atomic E-state index is -0.442. The summed E-state index contributed by atoms with van der Waals surface area (Å²) >= 11 is 0. The van der Waals surface area contributed by atoms with E-state index in [9.17, 15) is 9.18 Å². The molecule has 4 aromatic rings. The van der Waals surface area contributed by atoms with Crippen molar-refractivity contribution in [2.24, 2.45) is 5.92 Å². The number of nitrogen functional groups attached to an aromatic ring is 1. The van der Waals surface area contributed by atoms with E-state index in [0.29, 0.717) is 47.3 Å². The van der Waals surface area contributed by atoms with Crippen LogP contribution in [0.25, 0.3) is 27.1 Å². The van der Waals surface area contributed by atoms with Crippen LogP contribution in [0.5, 0.6) is 11.5 Å². The van der Waals surface area contributed by atoms with E-state index in [1.165, 1.54) is 12.4 Å². The molecular formula is C29H26FN7O2. The van der Waals surface area contributed by atoms with E-state index in [1.807, 2.05) is 22.9 Å². The van der Waals surface area contributed by atoms with Gasteiger partial charge in [-0.25, -0.2) is 23.9 Å². The lowest BCUT2D eigenvalue weighted by molar-refractivity contribution is -0.128. The molecule has 9 nitrogen and oxygen atoms in total. The lowest BCUT2D eigenvalue weighted by atomic mass is 10.1. The van der Waals surface area contributed by atoms with Crippen molar-refractivity contribution in [3.8, 4) is 22.8 Å². The van der Waals surface area contributed by atoms with Gasteiger partial charge in [-0.2, -0.15) is 5.10 Å². The van der Waals surface area contributed by atoms with Crippen molar-refractivity contribution in [2.45, 2.75) is 31.7 Å². The minimum Gasteiger partial charge on any atom is -0.454 e. The van der Waals surface area contributed by atoms with Gasteiger partial charge < -0.3 is 15.4 Å². The fraction of sp³-hybridized carbons (Fsp3) is 0.276. The summed E-state index contributed by atoms with van der Waals surface area (Å²) in [6.07, 6.45) is 6.88. The molecule has 2 aromatic carbocycles. The number of halogens is 1. The molecule has 2 aromatic heterocycles. The predicted molar refractivity (Wildman–Crippen MR) is 144 cm³/mol. The Morgan fingerprint density at radius 1 is 1.13 bits per heavy atom. The number of carbonyl (C=O) groups is 1. The first-order valence-corrected chi connectivity index (χ1v) is 12.9. The Morgan fingerprint density at radius 2 is 1.92 bits per heavy atom. The molecule has 0 unspecified atom stereocenters. The van der Waals surface area contributed by atoms with E-state index >= 15 is 0 Å². The van der Waals surface area contributed by atoms with Crippen molar-refractivity contribution in [3.63, 3.8) is 0 Å². The molecule has 2 fully saturated rings. The summed E-state index contributed by atoms with van der Waals surface area (Å²) in [6, 6.07) is 13.2. The molecule has 1 atom stereocenters. The number of likely N-dealkylation sites (tertiary alicyclic amines) is 1. The van der Waals surface area contributed by atoms with Crippen LogP contribution in [0.4, 0.5) is 10.2 Å². The van der Waals surface area contributed by atoms with E-state index in [2.05, 4.69) is 14.8 Å². The van der Waals surface area contributed by atoms with Crippen LogP contribution in [-0.2, 0) is 4.79 Å². The van der Waals surface area contributed by atoms with Crippen LogP contribution in [0.15, 0.2) is 66.6 Å². The molecule has 1 saturated heterocycles. The van der Waals surface area contributed by atoms with Crippen molar-refractivity contribution in [2.75, 3.05) is 18.8 Å². The monoisotopic (exact) mass is 523 g/mol. The fourth-order valence-electron chi connectivity index (χ4n) is 4.93. The van der Waals surface area contributed by atoms with Gasteiger partial charge in [-0.15, -0.1) is 0 Å². The Labute approximate surface area is 224 Å². The number of amides is 1. The summed E-state index contributed by atoms with van der Waals surface area (Å²) < 4.78 is 21.5. The van der Waals surface area contributed by atoms with Gasteiger partial charge in [-0.3, -0.25) is 4.79 Å². The molecule has 2 N–H and O–H groups in total. The van der Waals surface area contributed by atoms with Gasteiger partial charge in [-0.1, -0.05) is 18.2 Å². The van der Waals surface area contributed by atoms with Crippen molar-refractivity contribution >= 4 is 22.8 Å². The van der Waals surface area contributed by atoms with Crippen LogP contribution in [0.3, 0.4) is 0 Å². The Hall–Kier alpha value is -4.78. The van der Waals surface area contributed by atoms with Gasteiger partial charge in [0.15, 0.2) is 17.2 Å². The van der Waals surface area contributed by atoms with Gasteiger partial charge in [0, 0.05) is 18.7 Å². The number of anilines is 1. The lowest BCUT2D eigenvalue weighted by Crippen LogP contribution is -2.41. The average Bonchev–Trinajstić information content (AvgIpc) is 3.70. The molecule has 1 saturated carbocycles. The number of allylic oxidation sites excluding steroid dienone is 1. The number of rotatable bonds is 6. The van der Waals surface area contributed by atoms with Gasteiger partial charge in [-0.05, 0) is 68.0 Å². The zero-order chi connectivity index (χ0) is 26.9. The highest BCUT2D eigenvalue weighted by atomic mass is 19.1. The molecule has 10 heteroatoms. The van der Waals surface area contributed by atoms with Crippen LogP contribution in [-0.4, -0.2) is 43.6 Å². The second-order valence-electron chi connectivity index (χ2n) is 9.86. The number of aromatic nitrogens is 4. The number of piperidine rings is 1. The van der Waals surface area contributed by atoms with E-state index in [-0.39, 0.29) is 23.4 Å².